The molecule has 1 atom stereocenters. The average molecular weight is 198 g/mol. The van der Waals surface area contributed by atoms with Crippen LogP contribution in [0.2, 0.25) is 0 Å². The first kappa shape index (κ1) is 13.7. The van der Waals surface area contributed by atoms with E-state index in [0.29, 0.717) is 0 Å². The number of hydrogen-bond acceptors (Lipinski definition) is 2. The van der Waals surface area contributed by atoms with Gasteiger partial charge < -0.3 is 5.73 Å². The van der Waals surface area contributed by atoms with Crippen LogP contribution in [0.1, 0.15) is 34.1 Å². The summed E-state index contributed by atoms with van der Waals surface area (Å²) in [6.07, 6.45) is 3.12. The molecule has 0 radical (unpaired) electrons. The summed E-state index contributed by atoms with van der Waals surface area (Å²) in [6.45, 7) is 15.5. The van der Waals surface area contributed by atoms with Gasteiger partial charge in [-0.2, -0.15) is 0 Å². The fourth-order valence-corrected chi connectivity index (χ4v) is 1.31. The summed E-state index contributed by atoms with van der Waals surface area (Å²) < 4.78 is 0. The third-order valence-corrected chi connectivity index (χ3v) is 2.49. The first-order valence-corrected chi connectivity index (χ1v) is 5.50. The molecule has 2 heteroatoms. The number of nitrogens with two attached hydrogens (primary N) is 1. The quantitative estimate of drug-likeness (QED) is 0.663. The second kappa shape index (κ2) is 6.20. The second-order valence-corrected chi connectivity index (χ2v) is 5.02. The average Bonchev–Trinajstić information content (AvgIpc) is 2.03. The Morgan fingerprint density at radius 2 is 2.00 bits per heavy atom. The molecule has 2 N–H and O–H groups in total. The third kappa shape index (κ3) is 5.40. The Morgan fingerprint density at radius 3 is 2.36 bits per heavy atom. The van der Waals surface area contributed by atoms with Crippen molar-refractivity contribution in [2.75, 3.05) is 19.6 Å². The van der Waals surface area contributed by atoms with Crippen LogP contribution in [0.4, 0.5) is 0 Å². The molecule has 0 heterocycles. The van der Waals surface area contributed by atoms with Gasteiger partial charge in [0.1, 0.15) is 0 Å². The Balaban J connectivity index is 4.07. The maximum atomic E-state index is 6.14. The molecule has 0 aliphatic carbocycles. The summed E-state index contributed by atoms with van der Waals surface area (Å²) in [5.41, 5.74) is 6.32. The van der Waals surface area contributed by atoms with Crippen LogP contribution in [0.5, 0.6) is 0 Å². The van der Waals surface area contributed by atoms with Gasteiger partial charge in [-0.25, -0.2) is 0 Å². The lowest BCUT2D eigenvalue weighted by Gasteiger charge is -2.32. The lowest BCUT2D eigenvalue weighted by atomic mass is 9.87. The molecule has 0 saturated carbocycles. The highest BCUT2D eigenvalue weighted by atomic mass is 15.1. The zero-order valence-electron chi connectivity index (χ0n) is 10.2. The fraction of sp³-hybridized carbons (Fsp3) is 0.833. The molecule has 0 spiro atoms. The normalized spacial score (nSPS) is 14.4. The predicted octanol–water partition coefficient (Wildman–Crippen LogP) is 2.26. The van der Waals surface area contributed by atoms with Crippen LogP contribution in [0, 0.1) is 5.41 Å². The topological polar surface area (TPSA) is 29.3 Å². The number of nitrogens with zero attached hydrogens (tertiary/aromatic N) is 1. The van der Waals surface area contributed by atoms with E-state index in [0.717, 1.165) is 19.6 Å². The molecular formula is C12H26N2. The maximum Gasteiger partial charge on any atom is 0.0217 e. The van der Waals surface area contributed by atoms with Crippen molar-refractivity contribution in [3.8, 4) is 0 Å². The highest BCUT2D eigenvalue weighted by Crippen LogP contribution is 2.18. The standard InChI is InChI=1S/C12H26N2/c1-6-8-14(9-7-2)10-11(13)12(3,4)5/h6,11H,1,7-10,13H2,2-5H3. The predicted molar refractivity (Wildman–Crippen MR) is 64.4 cm³/mol. The second-order valence-electron chi connectivity index (χ2n) is 5.02. The molecule has 0 aliphatic heterocycles. The van der Waals surface area contributed by atoms with Gasteiger partial charge in [0.05, 0.1) is 0 Å². The highest BCUT2D eigenvalue weighted by Gasteiger charge is 2.22. The molecule has 0 aliphatic rings. The van der Waals surface area contributed by atoms with Crippen molar-refractivity contribution in [1.29, 1.82) is 0 Å². The largest absolute Gasteiger partial charge is 0.326 e. The van der Waals surface area contributed by atoms with Crippen LogP contribution in [0.15, 0.2) is 12.7 Å². The summed E-state index contributed by atoms with van der Waals surface area (Å²) in [7, 11) is 0. The van der Waals surface area contributed by atoms with E-state index in [1.54, 1.807) is 0 Å². The zero-order chi connectivity index (χ0) is 11.2. The summed E-state index contributed by atoms with van der Waals surface area (Å²) >= 11 is 0. The minimum absolute atomic E-state index is 0.188. The maximum absolute atomic E-state index is 6.14. The van der Waals surface area contributed by atoms with E-state index in [-0.39, 0.29) is 11.5 Å². The Morgan fingerprint density at radius 1 is 1.43 bits per heavy atom. The van der Waals surface area contributed by atoms with Crippen molar-refractivity contribution < 1.29 is 0 Å². The molecule has 2 nitrogen and oxygen atoms in total. The molecule has 0 fully saturated rings. The van der Waals surface area contributed by atoms with Crippen molar-refractivity contribution in [3.05, 3.63) is 12.7 Å². The van der Waals surface area contributed by atoms with Gasteiger partial charge in [0.25, 0.3) is 0 Å². The van der Waals surface area contributed by atoms with E-state index >= 15 is 0 Å². The van der Waals surface area contributed by atoms with Gasteiger partial charge >= 0.3 is 0 Å². The molecule has 0 saturated heterocycles. The fourth-order valence-electron chi connectivity index (χ4n) is 1.31. The summed E-state index contributed by atoms with van der Waals surface area (Å²) in [5.74, 6) is 0. The Labute approximate surface area is 89.2 Å². The zero-order valence-corrected chi connectivity index (χ0v) is 10.2. The first-order valence-electron chi connectivity index (χ1n) is 5.50. The van der Waals surface area contributed by atoms with Crippen molar-refractivity contribution in [2.45, 2.75) is 40.2 Å². The smallest absolute Gasteiger partial charge is 0.0217 e. The number of hydrogen-bond donors (Lipinski definition) is 1. The van der Waals surface area contributed by atoms with Gasteiger partial charge in [-0.3, -0.25) is 4.90 Å². The molecule has 14 heavy (non-hydrogen) atoms. The van der Waals surface area contributed by atoms with E-state index in [1.807, 2.05) is 6.08 Å². The number of rotatable bonds is 6. The minimum atomic E-state index is 0.188. The van der Waals surface area contributed by atoms with Gasteiger partial charge in [0.2, 0.25) is 0 Å². The van der Waals surface area contributed by atoms with Crippen LogP contribution in [0.3, 0.4) is 0 Å². The lowest BCUT2D eigenvalue weighted by Crippen LogP contribution is -2.45. The van der Waals surface area contributed by atoms with Crippen molar-refractivity contribution in [3.63, 3.8) is 0 Å². The first-order chi connectivity index (χ1) is 6.41. The molecule has 0 aromatic carbocycles. The Kier molecular flexibility index (Phi) is 6.05. The van der Waals surface area contributed by atoms with Crippen LogP contribution >= 0.6 is 0 Å². The van der Waals surface area contributed by atoms with Crippen molar-refractivity contribution >= 4 is 0 Å². The molecule has 84 valence electrons. The molecule has 0 amide bonds. The van der Waals surface area contributed by atoms with E-state index < -0.39 is 0 Å². The van der Waals surface area contributed by atoms with Crippen LogP contribution in [0.25, 0.3) is 0 Å². The van der Waals surface area contributed by atoms with Crippen LogP contribution < -0.4 is 5.73 Å². The highest BCUT2D eigenvalue weighted by molar-refractivity contribution is 4.82. The van der Waals surface area contributed by atoms with Gasteiger partial charge in [0.15, 0.2) is 0 Å². The van der Waals surface area contributed by atoms with E-state index in [9.17, 15) is 0 Å². The van der Waals surface area contributed by atoms with Gasteiger partial charge in [0, 0.05) is 19.1 Å². The van der Waals surface area contributed by atoms with Crippen molar-refractivity contribution in [2.24, 2.45) is 11.1 Å². The van der Waals surface area contributed by atoms with Gasteiger partial charge in [-0.15, -0.1) is 6.58 Å². The third-order valence-electron chi connectivity index (χ3n) is 2.49. The monoisotopic (exact) mass is 198 g/mol. The molecule has 1 unspecified atom stereocenters. The minimum Gasteiger partial charge on any atom is -0.326 e. The molecule has 0 rings (SSSR count). The lowest BCUT2D eigenvalue weighted by molar-refractivity contribution is 0.213. The van der Waals surface area contributed by atoms with Gasteiger partial charge in [-0.1, -0.05) is 33.8 Å². The van der Waals surface area contributed by atoms with Crippen molar-refractivity contribution in [1.82, 2.24) is 4.90 Å². The van der Waals surface area contributed by atoms with Gasteiger partial charge in [-0.05, 0) is 18.4 Å². The molecule has 0 aromatic heterocycles. The molecular weight excluding hydrogens is 172 g/mol. The van der Waals surface area contributed by atoms with E-state index in [1.165, 1.54) is 6.42 Å². The Hall–Kier alpha value is -0.340. The summed E-state index contributed by atoms with van der Waals surface area (Å²) in [6, 6.07) is 0.231. The summed E-state index contributed by atoms with van der Waals surface area (Å²) in [5, 5.41) is 0. The van der Waals surface area contributed by atoms with Crippen LogP contribution in [-0.4, -0.2) is 30.6 Å². The Bertz CT molecular complexity index is 158. The SMILES string of the molecule is C=CCN(CCC)CC(N)C(C)(C)C. The van der Waals surface area contributed by atoms with E-state index in [4.69, 9.17) is 5.73 Å². The van der Waals surface area contributed by atoms with E-state index in [2.05, 4.69) is 39.2 Å². The molecule has 0 bridgehead atoms. The molecule has 0 aromatic rings. The summed E-state index contributed by atoms with van der Waals surface area (Å²) in [4.78, 5) is 2.36. The van der Waals surface area contributed by atoms with Crippen LogP contribution in [-0.2, 0) is 0 Å².